The van der Waals surface area contributed by atoms with Gasteiger partial charge in [0.15, 0.2) is 0 Å². The largest absolute Gasteiger partial charge is 0.469 e. The summed E-state index contributed by atoms with van der Waals surface area (Å²) in [5.41, 5.74) is 1.15. The molecule has 0 aliphatic carbocycles. The Hall–Kier alpha value is -1.32. The predicted molar refractivity (Wildman–Crippen MR) is 51.7 cm³/mol. The molecule has 0 atom stereocenters. The van der Waals surface area contributed by atoms with Crippen LogP contribution in [0, 0.1) is 6.92 Å². The lowest BCUT2D eigenvalue weighted by atomic mass is 10.2. The van der Waals surface area contributed by atoms with Crippen LogP contribution in [0.1, 0.15) is 17.9 Å². The van der Waals surface area contributed by atoms with Gasteiger partial charge in [0.05, 0.1) is 27.6 Å². The molecule has 0 aliphatic rings. The zero-order chi connectivity index (χ0) is 10.7. The van der Waals surface area contributed by atoms with Crippen LogP contribution >= 0.6 is 0 Å². The van der Waals surface area contributed by atoms with Gasteiger partial charge in [-0.25, -0.2) is 9.13 Å². The molecule has 4 heteroatoms. The van der Waals surface area contributed by atoms with Gasteiger partial charge >= 0.3 is 5.97 Å². The number of carbonyl (C=O) groups is 1. The molecule has 0 aliphatic heterocycles. The minimum Gasteiger partial charge on any atom is -0.469 e. The highest BCUT2D eigenvalue weighted by Crippen LogP contribution is 2.01. The summed E-state index contributed by atoms with van der Waals surface area (Å²) < 4.78 is 8.73. The van der Waals surface area contributed by atoms with Gasteiger partial charge in [-0.1, -0.05) is 0 Å². The lowest BCUT2D eigenvalue weighted by Gasteiger charge is -1.96. The predicted octanol–water partition coefficient (Wildman–Crippen LogP) is 0.264. The Balaban J connectivity index is 2.68. The third-order valence-electron chi connectivity index (χ3n) is 2.58. The van der Waals surface area contributed by atoms with Gasteiger partial charge in [0.1, 0.15) is 11.9 Å². The quantitative estimate of drug-likeness (QED) is 0.515. The fourth-order valence-corrected chi connectivity index (χ4v) is 1.41. The molecule has 1 aromatic rings. The molecule has 1 rings (SSSR count). The van der Waals surface area contributed by atoms with Crippen LogP contribution in [0.25, 0.3) is 0 Å². The van der Waals surface area contributed by atoms with E-state index in [1.165, 1.54) is 12.9 Å². The van der Waals surface area contributed by atoms with Gasteiger partial charge in [-0.15, -0.1) is 0 Å². The van der Waals surface area contributed by atoms with Crippen molar-refractivity contribution in [3.8, 4) is 0 Å². The topological polar surface area (TPSA) is 35.1 Å². The average molecular weight is 197 g/mol. The molecule has 0 saturated carbocycles. The highest BCUT2D eigenvalue weighted by Gasteiger charge is 2.14. The van der Waals surface area contributed by atoms with E-state index in [9.17, 15) is 4.79 Å². The molecular weight excluding hydrogens is 180 g/mol. The number of methoxy groups -OCH3 is 1. The second-order valence-electron chi connectivity index (χ2n) is 3.41. The summed E-state index contributed by atoms with van der Waals surface area (Å²) in [6.45, 7) is 2.04. The Kier molecular flexibility index (Phi) is 3.28. The molecule has 1 aromatic heterocycles. The maximum absolute atomic E-state index is 10.9. The fourth-order valence-electron chi connectivity index (χ4n) is 1.41. The van der Waals surface area contributed by atoms with Gasteiger partial charge in [-0.3, -0.25) is 4.79 Å². The highest BCUT2D eigenvalue weighted by atomic mass is 16.5. The number of imidazole rings is 1. The molecule has 4 nitrogen and oxygen atoms in total. The summed E-state index contributed by atoms with van der Waals surface area (Å²) in [7, 11) is 5.41. The molecular formula is C10H17N2O2+. The van der Waals surface area contributed by atoms with E-state index in [1.54, 1.807) is 0 Å². The van der Waals surface area contributed by atoms with Crippen LogP contribution < -0.4 is 4.57 Å². The molecule has 0 spiro atoms. The van der Waals surface area contributed by atoms with Crippen LogP contribution in [0.5, 0.6) is 0 Å². The van der Waals surface area contributed by atoms with Gasteiger partial charge in [-0.05, 0) is 0 Å². The van der Waals surface area contributed by atoms with Gasteiger partial charge in [0.25, 0.3) is 5.82 Å². The van der Waals surface area contributed by atoms with Crippen LogP contribution in [0.4, 0.5) is 0 Å². The molecule has 0 amide bonds. The molecule has 78 valence electrons. The Bertz CT molecular complexity index is 342. The summed E-state index contributed by atoms with van der Waals surface area (Å²) in [6, 6.07) is 0. The molecule has 0 aromatic carbocycles. The van der Waals surface area contributed by atoms with E-state index in [1.807, 2.05) is 31.8 Å². The number of aromatic nitrogens is 2. The molecule has 1 heterocycles. The van der Waals surface area contributed by atoms with E-state index in [4.69, 9.17) is 0 Å². The maximum atomic E-state index is 10.9. The van der Waals surface area contributed by atoms with Crippen LogP contribution in [-0.2, 0) is 30.0 Å². The summed E-state index contributed by atoms with van der Waals surface area (Å²) >= 11 is 0. The second-order valence-corrected chi connectivity index (χ2v) is 3.41. The lowest BCUT2D eigenvalue weighted by Crippen LogP contribution is -2.34. The number of rotatable bonds is 3. The zero-order valence-electron chi connectivity index (χ0n) is 9.20. The first-order valence-corrected chi connectivity index (χ1v) is 4.64. The number of nitrogens with zero attached hydrogens (tertiary/aromatic N) is 2. The third-order valence-corrected chi connectivity index (χ3v) is 2.58. The monoisotopic (exact) mass is 197 g/mol. The van der Waals surface area contributed by atoms with Crippen molar-refractivity contribution in [2.45, 2.75) is 19.8 Å². The molecule has 0 N–H and O–H groups in total. The lowest BCUT2D eigenvalue weighted by molar-refractivity contribution is -0.684. The summed E-state index contributed by atoms with van der Waals surface area (Å²) in [4.78, 5) is 10.9. The maximum Gasteiger partial charge on any atom is 0.305 e. The van der Waals surface area contributed by atoms with E-state index >= 15 is 0 Å². The van der Waals surface area contributed by atoms with Crippen LogP contribution in [0.15, 0.2) is 6.20 Å². The Morgan fingerprint density at radius 2 is 2.29 bits per heavy atom. The summed E-state index contributed by atoms with van der Waals surface area (Å²) in [6.07, 6.45) is 3.21. The van der Waals surface area contributed by atoms with Crippen molar-refractivity contribution < 1.29 is 14.1 Å². The first-order valence-electron chi connectivity index (χ1n) is 4.64. The number of aryl methyl sites for hydroxylation is 2. The SMILES string of the molecule is COC(=O)CCc1cn(C)c(C)[n+]1C. The zero-order valence-corrected chi connectivity index (χ0v) is 9.20. The van der Waals surface area contributed by atoms with Crippen LogP contribution in [0.2, 0.25) is 0 Å². The second kappa shape index (κ2) is 4.26. The molecule has 14 heavy (non-hydrogen) atoms. The van der Waals surface area contributed by atoms with Crippen molar-refractivity contribution in [3.05, 3.63) is 17.7 Å². The first-order chi connectivity index (χ1) is 6.56. The number of hydrogen-bond donors (Lipinski definition) is 0. The van der Waals surface area contributed by atoms with Gasteiger partial charge in [0, 0.05) is 13.3 Å². The number of esters is 1. The Morgan fingerprint density at radius 1 is 1.64 bits per heavy atom. The van der Waals surface area contributed by atoms with Gasteiger partial charge in [0.2, 0.25) is 0 Å². The van der Waals surface area contributed by atoms with Crippen molar-refractivity contribution in [2.75, 3.05) is 7.11 Å². The molecule has 0 fully saturated rings. The van der Waals surface area contributed by atoms with E-state index < -0.39 is 0 Å². The minimum atomic E-state index is -0.161. The Morgan fingerprint density at radius 3 is 2.71 bits per heavy atom. The van der Waals surface area contributed by atoms with Crippen molar-refractivity contribution >= 4 is 5.97 Å². The van der Waals surface area contributed by atoms with Gasteiger partial charge in [-0.2, -0.15) is 0 Å². The van der Waals surface area contributed by atoms with Crippen LogP contribution in [-0.4, -0.2) is 17.6 Å². The molecule has 0 radical (unpaired) electrons. The molecule has 0 unspecified atom stereocenters. The van der Waals surface area contributed by atoms with Crippen molar-refractivity contribution in [1.82, 2.24) is 4.57 Å². The highest BCUT2D eigenvalue weighted by molar-refractivity contribution is 5.69. The van der Waals surface area contributed by atoms with E-state index in [2.05, 4.69) is 9.30 Å². The number of ether oxygens (including phenoxy) is 1. The normalized spacial score (nSPS) is 10.3. The first kappa shape index (κ1) is 10.8. The molecule has 0 saturated heterocycles. The van der Waals surface area contributed by atoms with Gasteiger partial charge < -0.3 is 4.74 Å². The number of hydrogen-bond acceptors (Lipinski definition) is 2. The number of carbonyl (C=O) groups excluding carboxylic acids is 1. The Labute approximate surface area is 84.1 Å². The van der Waals surface area contributed by atoms with Crippen molar-refractivity contribution in [3.63, 3.8) is 0 Å². The summed E-state index contributed by atoms with van der Waals surface area (Å²) in [5, 5.41) is 0. The van der Waals surface area contributed by atoms with Crippen molar-refractivity contribution in [2.24, 2.45) is 14.1 Å². The smallest absolute Gasteiger partial charge is 0.305 e. The van der Waals surface area contributed by atoms with Crippen LogP contribution in [0.3, 0.4) is 0 Å². The van der Waals surface area contributed by atoms with E-state index in [0.29, 0.717) is 6.42 Å². The standard InChI is InChI=1S/C10H17N2O2/c1-8-11(2)7-9(12(8)3)5-6-10(13)14-4/h7H,5-6H2,1-4H3/q+1. The summed E-state index contributed by atoms with van der Waals surface area (Å²) in [5.74, 6) is 1.01. The van der Waals surface area contributed by atoms with E-state index in [-0.39, 0.29) is 5.97 Å². The van der Waals surface area contributed by atoms with Crippen molar-refractivity contribution in [1.29, 1.82) is 0 Å². The third kappa shape index (κ3) is 2.13. The minimum absolute atomic E-state index is 0.161. The van der Waals surface area contributed by atoms with E-state index in [0.717, 1.165) is 12.1 Å². The fraction of sp³-hybridized carbons (Fsp3) is 0.600. The average Bonchev–Trinajstić information content (AvgIpc) is 2.42. The molecule has 0 bridgehead atoms.